The third-order valence-corrected chi connectivity index (χ3v) is 5.59. The van der Waals surface area contributed by atoms with Crippen LogP contribution in [0.3, 0.4) is 0 Å². The number of nitrogen functional groups attached to an aromatic ring is 1. The summed E-state index contributed by atoms with van der Waals surface area (Å²) in [5, 5.41) is 8.04. The van der Waals surface area contributed by atoms with Crippen LogP contribution >= 0.6 is 23.1 Å². The predicted molar refractivity (Wildman–Crippen MR) is 144 cm³/mol. The minimum Gasteiger partial charge on any atom is -0.399 e. The average molecular weight is 487 g/mol. The molecule has 1 unspecified atom stereocenters. The summed E-state index contributed by atoms with van der Waals surface area (Å²) in [5.41, 5.74) is 8.46. The molecule has 3 aromatic rings. The molecule has 8 heteroatoms. The highest BCUT2D eigenvalue weighted by molar-refractivity contribution is 7.98. The lowest BCUT2D eigenvalue weighted by atomic mass is 10.1. The van der Waals surface area contributed by atoms with Crippen molar-refractivity contribution in [2.45, 2.75) is 40.2 Å². The van der Waals surface area contributed by atoms with Gasteiger partial charge in [-0.3, -0.25) is 9.59 Å². The highest BCUT2D eigenvalue weighted by atomic mass is 32.2. The second-order valence-corrected chi connectivity index (χ2v) is 8.17. The van der Waals surface area contributed by atoms with Crippen LogP contribution in [-0.4, -0.2) is 34.8 Å². The molecule has 0 aliphatic carbocycles. The maximum atomic E-state index is 12.8. The third-order valence-electron chi connectivity index (χ3n) is 4.19. The average Bonchev–Trinajstić information content (AvgIpc) is 3.33. The molecule has 1 heterocycles. The van der Waals surface area contributed by atoms with Crippen molar-refractivity contribution in [2.75, 3.05) is 23.1 Å². The van der Waals surface area contributed by atoms with E-state index in [1.807, 2.05) is 69.7 Å². The zero-order valence-corrected chi connectivity index (χ0v) is 21.6. The van der Waals surface area contributed by atoms with E-state index in [2.05, 4.69) is 15.6 Å². The number of rotatable bonds is 8. The number of anilines is 2. The number of amides is 2. The van der Waals surface area contributed by atoms with Crippen LogP contribution in [0.15, 0.2) is 60.0 Å². The van der Waals surface area contributed by atoms with Gasteiger partial charge in [0.15, 0.2) is 5.13 Å². The summed E-state index contributed by atoms with van der Waals surface area (Å²) in [6.45, 7) is 8.00. The zero-order valence-electron chi connectivity index (χ0n) is 19.9. The van der Waals surface area contributed by atoms with Crippen molar-refractivity contribution in [1.29, 1.82) is 0 Å². The summed E-state index contributed by atoms with van der Waals surface area (Å²) in [5.74, 6) is 0.121. The van der Waals surface area contributed by atoms with Crippen LogP contribution in [0.25, 0.3) is 11.3 Å². The van der Waals surface area contributed by atoms with E-state index >= 15 is 0 Å². The number of hydrogen-bond acceptors (Lipinski definition) is 6. The molecule has 1 aromatic heterocycles. The summed E-state index contributed by atoms with van der Waals surface area (Å²) in [6, 6.07) is 15.8. The smallest absolute Gasteiger partial charge is 0.252 e. The summed E-state index contributed by atoms with van der Waals surface area (Å²) >= 11 is 2.97. The Hall–Kier alpha value is -2.84. The van der Waals surface area contributed by atoms with Crippen LogP contribution in [-0.2, 0) is 4.79 Å². The number of carbonyl (C=O) groups excluding carboxylic acids is 2. The van der Waals surface area contributed by atoms with Crippen molar-refractivity contribution in [3.63, 3.8) is 0 Å². The number of nitrogens with zero attached hydrogens (tertiary/aromatic N) is 1. The van der Waals surface area contributed by atoms with Gasteiger partial charge in [0.2, 0.25) is 5.91 Å². The summed E-state index contributed by atoms with van der Waals surface area (Å²) < 4.78 is 0. The number of nitrogens with one attached hydrogen (secondary N) is 2. The van der Waals surface area contributed by atoms with E-state index in [1.165, 1.54) is 11.3 Å². The highest BCUT2D eigenvalue weighted by Gasteiger charge is 2.22. The molecule has 178 valence electrons. The number of carbonyl (C=O) groups is 2. The van der Waals surface area contributed by atoms with Gasteiger partial charge < -0.3 is 16.4 Å². The van der Waals surface area contributed by atoms with Gasteiger partial charge in [-0.05, 0) is 36.6 Å². The Balaban J connectivity index is 0.00000129. The Morgan fingerprint density at radius 2 is 1.76 bits per heavy atom. The van der Waals surface area contributed by atoms with Crippen LogP contribution < -0.4 is 16.4 Å². The first-order valence-electron chi connectivity index (χ1n) is 11.0. The Kier molecular flexibility index (Phi) is 13.6. The van der Waals surface area contributed by atoms with Gasteiger partial charge in [-0.25, -0.2) is 4.98 Å². The molecule has 2 aromatic carbocycles. The fourth-order valence-corrected chi connectivity index (χ4v) is 3.89. The molecule has 2 amide bonds. The third kappa shape index (κ3) is 9.27. The lowest BCUT2D eigenvalue weighted by Crippen LogP contribution is -2.44. The molecular formula is C25H34N4O2S2. The first kappa shape index (κ1) is 28.2. The van der Waals surface area contributed by atoms with Gasteiger partial charge in [0.25, 0.3) is 5.91 Å². The number of hydrogen-bond donors (Lipinski definition) is 3. The van der Waals surface area contributed by atoms with Gasteiger partial charge in [0, 0.05) is 22.2 Å². The van der Waals surface area contributed by atoms with E-state index in [-0.39, 0.29) is 11.8 Å². The first-order chi connectivity index (χ1) is 16.1. The molecule has 1 atom stereocenters. The van der Waals surface area contributed by atoms with E-state index in [0.717, 1.165) is 17.0 Å². The molecule has 0 saturated carbocycles. The van der Waals surface area contributed by atoms with Gasteiger partial charge in [0.05, 0.1) is 5.69 Å². The number of aromatic nitrogens is 1. The van der Waals surface area contributed by atoms with Crippen LogP contribution in [0.5, 0.6) is 0 Å². The zero-order chi connectivity index (χ0) is 24.6. The molecule has 0 bridgehead atoms. The van der Waals surface area contributed by atoms with Gasteiger partial charge in [-0.1, -0.05) is 64.1 Å². The number of benzene rings is 2. The predicted octanol–water partition coefficient (Wildman–Crippen LogP) is 5.93. The maximum absolute atomic E-state index is 12.8. The first-order valence-corrected chi connectivity index (χ1v) is 13.3. The summed E-state index contributed by atoms with van der Waals surface area (Å²) in [4.78, 5) is 29.8. The van der Waals surface area contributed by atoms with Gasteiger partial charge >= 0.3 is 0 Å². The Labute approximate surface area is 205 Å². The van der Waals surface area contributed by atoms with Crippen molar-refractivity contribution >= 4 is 45.7 Å². The number of nitrogens with two attached hydrogens (primary N) is 1. The van der Waals surface area contributed by atoms with Crippen LogP contribution in [0.2, 0.25) is 0 Å². The monoisotopic (exact) mass is 486 g/mol. The minimum atomic E-state index is -0.666. The molecule has 33 heavy (non-hydrogen) atoms. The van der Waals surface area contributed by atoms with Crippen LogP contribution in [0, 0.1) is 0 Å². The SMILES string of the molecule is CC.CC.CSCCC(NC(=O)c1cccc(N)c1)C(=O)Nc1nc(-c2ccccc2)cs1. The van der Waals surface area contributed by atoms with Crippen molar-refractivity contribution < 1.29 is 9.59 Å². The Bertz CT molecular complexity index is 977. The molecule has 0 radical (unpaired) electrons. The second kappa shape index (κ2) is 15.9. The topological polar surface area (TPSA) is 97.1 Å². The molecule has 0 aliphatic rings. The van der Waals surface area contributed by atoms with Crippen LogP contribution in [0.4, 0.5) is 10.8 Å². The normalized spacial score (nSPS) is 10.6. The lowest BCUT2D eigenvalue weighted by molar-refractivity contribution is -0.118. The van der Waals surface area contributed by atoms with Crippen molar-refractivity contribution in [3.8, 4) is 11.3 Å². The van der Waals surface area contributed by atoms with E-state index in [9.17, 15) is 9.59 Å². The Morgan fingerprint density at radius 3 is 2.39 bits per heavy atom. The van der Waals surface area contributed by atoms with E-state index < -0.39 is 6.04 Å². The van der Waals surface area contributed by atoms with E-state index in [0.29, 0.717) is 22.8 Å². The lowest BCUT2D eigenvalue weighted by Gasteiger charge is -2.17. The van der Waals surface area contributed by atoms with Crippen LogP contribution in [0.1, 0.15) is 44.5 Å². The van der Waals surface area contributed by atoms with Crippen molar-refractivity contribution in [3.05, 3.63) is 65.5 Å². The van der Waals surface area contributed by atoms with Crippen molar-refractivity contribution in [2.24, 2.45) is 0 Å². The van der Waals surface area contributed by atoms with Gasteiger partial charge in [-0.15, -0.1) is 11.3 Å². The standard InChI is InChI=1S/C21H22N4O2S2.2C2H6/c1-28-11-10-17(23-19(26)15-8-5-9-16(22)12-15)20(27)25-21-24-18(13-29-21)14-6-3-2-4-7-14;2*1-2/h2-9,12-13,17H,10-11,22H2,1H3,(H,23,26)(H,24,25,27);2*1-2H3. The van der Waals surface area contributed by atoms with E-state index in [4.69, 9.17) is 5.73 Å². The quantitative estimate of drug-likeness (QED) is 0.343. The van der Waals surface area contributed by atoms with Gasteiger partial charge in [-0.2, -0.15) is 11.8 Å². The molecule has 0 aliphatic heterocycles. The number of thioether (sulfide) groups is 1. The maximum Gasteiger partial charge on any atom is 0.252 e. The second-order valence-electron chi connectivity index (χ2n) is 6.33. The number of thiazole rings is 1. The highest BCUT2D eigenvalue weighted by Crippen LogP contribution is 2.24. The molecular weight excluding hydrogens is 452 g/mol. The Morgan fingerprint density at radius 1 is 1.06 bits per heavy atom. The molecule has 4 N–H and O–H groups in total. The molecule has 3 rings (SSSR count). The van der Waals surface area contributed by atoms with Crippen molar-refractivity contribution in [1.82, 2.24) is 10.3 Å². The summed E-state index contributed by atoms with van der Waals surface area (Å²) in [6.07, 6.45) is 2.47. The molecule has 6 nitrogen and oxygen atoms in total. The fraction of sp³-hybridized carbons (Fsp3) is 0.320. The molecule has 0 spiro atoms. The minimum absolute atomic E-state index is 0.287. The van der Waals surface area contributed by atoms with E-state index in [1.54, 1.807) is 36.0 Å². The fourth-order valence-electron chi connectivity index (χ4n) is 2.69. The molecule has 0 fully saturated rings. The molecule has 0 saturated heterocycles. The largest absolute Gasteiger partial charge is 0.399 e. The van der Waals surface area contributed by atoms with Gasteiger partial charge in [0.1, 0.15) is 6.04 Å². The summed E-state index contributed by atoms with van der Waals surface area (Å²) in [7, 11) is 0.